The highest BCUT2D eigenvalue weighted by molar-refractivity contribution is 5.40. The van der Waals surface area contributed by atoms with Crippen LogP contribution in [0, 0.1) is 47.3 Å². The number of aliphatic hydroxyl groups is 1. The fourth-order valence-electron chi connectivity index (χ4n) is 7.91. The molecule has 104 valence electrons. The lowest BCUT2D eigenvalue weighted by atomic mass is 9.54. The van der Waals surface area contributed by atoms with Crippen LogP contribution in [0.5, 0.6) is 0 Å². The predicted molar refractivity (Wildman–Crippen MR) is 73.7 cm³/mol. The normalized spacial score (nSPS) is 63.2. The monoisotopic (exact) mass is 268 g/mol. The molecule has 0 spiro atoms. The Labute approximate surface area is 119 Å². The first kappa shape index (κ1) is 10.8. The minimum atomic E-state index is -0.553. The summed E-state index contributed by atoms with van der Waals surface area (Å²) in [6.07, 6.45) is 1.81. The van der Waals surface area contributed by atoms with Gasteiger partial charge in [-0.15, -0.1) is 0 Å². The van der Waals surface area contributed by atoms with Gasteiger partial charge in [0.25, 0.3) is 0 Å². The summed E-state index contributed by atoms with van der Waals surface area (Å²) >= 11 is 0. The molecule has 5 aliphatic rings. The van der Waals surface area contributed by atoms with Gasteiger partial charge >= 0.3 is 0 Å². The highest BCUT2D eigenvalue weighted by Gasteiger charge is 2.87. The van der Waals surface area contributed by atoms with Gasteiger partial charge in [-0.1, -0.05) is 30.3 Å². The second kappa shape index (κ2) is 3.00. The average molecular weight is 268 g/mol. The van der Waals surface area contributed by atoms with Gasteiger partial charge in [-0.25, -0.2) is 0 Å². The Kier molecular flexibility index (Phi) is 1.62. The van der Waals surface area contributed by atoms with Crippen LogP contribution >= 0.6 is 0 Å². The first-order valence-electron chi connectivity index (χ1n) is 8.09. The van der Waals surface area contributed by atoms with Crippen LogP contribution < -0.4 is 0 Å². The summed E-state index contributed by atoms with van der Waals surface area (Å²) in [7, 11) is 1.89. The van der Waals surface area contributed by atoms with E-state index in [9.17, 15) is 5.11 Å². The Hall–Kier alpha value is -0.860. The first-order valence-corrected chi connectivity index (χ1v) is 8.09. The van der Waals surface area contributed by atoms with Crippen LogP contribution in [-0.2, 0) is 10.3 Å². The topological polar surface area (TPSA) is 29.5 Å². The summed E-state index contributed by atoms with van der Waals surface area (Å²) in [4.78, 5) is 0. The summed E-state index contributed by atoms with van der Waals surface area (Å²) in [6.45, 7) is 0. The average Bonchev–Trinajstić information content (AvgIpc) is 2.98. The van der Waals surface area contributed by atoms with E-state index in [0.29, 0.717) is 29.8 Å². The second-order valence-electron chi connectivity index (χ2n) is 7.82. The number of fused-ring (bicyclic) bond motifs is 2. The van der Waals surface area contributed by atoms with Gasteiger partial charge in [0.2, 0.25) is 0 Å². The summed E-state index contributed by atoms with van der Waals surface area (Å²) in [5.41, 5.74) is 0.621. The molecule has 0 radical (unpaired) electrons. The molecule has 1 N–H and O–H groups in total. The molecule has 20 heavy (non-hydrogen) atoms. The molecular formula is C18H20O2. The molecule has 10 atom stereocenters. The van der Waals surface area contributed by atoms with Gasteiger partial charge in [0, 0.05) is 18.9 Å². The fraction of sp³-hybridized carbons (Fsp3) is 0.667. The van der Waals surface area contributed by atoms with Crippen molar-refractivity contribution in [3.8, 4) is 0 Å². The molecule has 0 amide bonds. The minimum Gasteiger partial charge on any atom is -0.385 e. The van der Waals surface area contributed by atoms with Crippen molar-refractivity contribution in [2.45, 2.75) is 18.1 Å². The number of ether oxygens (including phenoxy) is 1. The van der Waals surface area contributed by atoms with Crippen molar-refractivity contribution < 1.29 is 9.84 Å². The largest absolute Gasteiger partial charge is 0.385 e. The van der Waals surface area contributed by atoms with E-state index >= 15 is 0 Å². The smallest absolute Gasteiger partial charge is 0.0965 e. The Balaban J connectivity index is 1.58. The Morgan fingerprint density at radius 1 is 1.00 bits per heavy atom. The predicted octanol–water partition coefficient (Wildman–Crippen LogP) is 2.28. The third kappa shape index (κ3) is 0.791. The van der Waals surface area contributed by atoms with E-state index in [4.69, 9.17) is 4.74 Å². The van der Waals surface area contributed by atoms with Crippen molar-refractivity contribution in [2.24, 2.45) is 47.3 Å². The van der Waals surface area contributed by atoms with Crippen LogP contribution in [-0.4, -0.2) is 18.3 Å². The molecule has 6 rings (SSSR count). The van der Waals surface area contributed by atoms with E-state index in [1.54, 1.807) is 0 Å². The van der Waals surface area contributed by atoms with Crippen LogP contribution in [0.4, 0.5) is 0 Å². The lowest BCUT2D eigenvalue weighted by Gasteiger charge is -2.54. The standard InChI is InChI=1S/C18H20O2/c1-20-17-13-9-7-10-12-11(9)14(17)16(12)18(19,15(10)13)8-5-3-2-4-6-8/h2-6,9-17,19H,7H2,1H3/t9-,10-,11+,12+,13+,14+,15+,16+,17+,18-/m0/s1. The second-order valence-corrected chi connectivity index (χ2v) is 7.82. The van der Waals surface area contributed by atoms with Crippen molar-refractivity contribution in [2.75, 3.05) is 7.11 Å². The van der Waals surface area contributed by atoms with Crippen LogP contribution in [0.2, 0.25) is 0 Å². The lowest BCUT2D eigenvalue weighted by Crippen LogP contribution is -2.57. The van der Waals surface area contributed by atoms with E-state index in [-0.39, 0.29) is 0 Å². The molecule has 0 unspecified atom stereocenters. The zero-order valence-corrected chi connectivity index (χ0v) is 11.6. The molecule has 5 fully saturated rings. The Morgan fingerprint density at radius 3 is 2.55 bits per heavy atom. The van der Waals surface area contributed by atoms with E-state index in [2.05, 4.69) is 30.3 Å². The quantitative estimate of drug-likeness (QED) is 0.891. The summed E-state index contributed by atoms with van der Waals surface area (Å²) < 4.78 is 5.89. The zero-order valence-electron chi connectivity index (χ0n) is 11.6. The van der Waals surface area contributed by atoms with E-state index in [0.717, 1.165) is 23.7 Å². The Bertz CT molecular complexity index is 599. The zero-order chi connectivity index (χ0) is 13.2. The van der Waals surface area contributed by atoms with Crippen LogP contribution in [0.1, 0.15) is 12.0 Å². The minimum absolute atomic E-state index is 0.438. The molecule has 0 aliphatic heterocycles. The summed E-state index contributed by atoms with van der Waals surface area (Å²) in [6, 6.07) is 10.5. The van der Waals surface area contributed by atoms with E-state index in [1.165, 1.54) is 12.0 Å². The van der Waals surface area contributed by atoms with Gasteiger partial charge in [-0.3, -0.25) is 0 Å². The molecule has 5 aliphatic carbocycles. The SMILES string of the molecule is CO[C@H]1[C@@H]2[C@@H]3[C@@H]4C[C@H]5[C@H]3[C@H]2[C@](O)(c2ccccc2)[C@H]5[C@@H]41. The third-order valence-corrected chi connectivity index (χ3v) is 7.91. The molecule has 2 bridgehead atoms. The lowest BCUT2D eigenvalue weighted by molar-refractivity contribution is -0.183. The number of rotatable bonds is 2. The van der Waals surface area contributed by atoms with Gasteiger partial charge in [0.1, 0.15) is 0 Å². The first-order chi connectivity index (χ1) is 9.78. The Morgan fingerprint density at radius 2 is 1.80 bits per heavy atom. The van der Waals surface area contributed by atoms with Gasteiger partial charge in [-0.2, -0.15) is 0 Å². The van der Waals surface area contributed by atoms with E-state index < -0.39 is 5.60 Å². The van der Waals surface area contributed by atoms with E-state index in [1.807, 2.05) is 7.11 Å². The molecule has 0 saturated heterocycles. The fourth-order valence-corrected chi connectivity index (χ4v) is 7.91. The van der Waals surface area contributed by atoms with Crippen LogP contribution in [0.25, 0.3) is 0 Å². The molecule has 1 aromatic rings. The van der Waals surface area contributed by atoms with Crippen molar-refractivity contribution in [1.82, 2.24) is 0 Å². The van der Waals surface area contributed by atoms with Crippen molar-refractivity contribution in [1.29, 1.82) is 0 Å². The molecule has 2 nitrogen and oxygen atoms in total. The molecule has 1 aromatic carbocycles. The number of hydrogen-bond donors (Lipinski definition) is 1. The van der Waals surface area contributed by atoms with Gasteiger partial charge < -0.3 is 9.84 Å². The highest BCUT2D eigenvalue weighted by atomic mass is 16.5. The van der Waals surface area contributed by atoms with Crippen LogP contribution in [0.15, 0.2) is 30.3 Å². The maximum absolute atomic E-state index is 11.7. The summed E-state index contributed by atoms with van der Waals surface area (Å²) in [5.74, 6) is 5.52. The van der Waals surface area contributed by atoms with Crippen molar-refractivity contribution in [3.63, 3.8) is 0 Å². The maximum Gasteiger partial charge on any atom is 0.0965 e. The molecule has 2 heteroatoms. The number of benzene rings is 1. The van der Waals surface area contributed by atoms with Gasteiger partial charge in [-0.05, 0) is 47.5 Å². The van der Waals surface area contributed by atoms with Crippen molar-refractivity contribution in [3.05, 3.63) is 35.9 Å². The molecule has 0 aromatic heterocycles. The van der Waals surface area contributed by atoms with Gasteiger partial charge in [0.15, 0.2) is 0 Å². The van der Waals surface area contributed by atoms with Crippen molar-refractivity contribution >= 4 is 0 Å². The molecule has 0 heterocycles. The summed E-state index contributed by atoms with van der Waals surface area (Å²) in [5, 5.41) is 11.7. The molecule has 5 saturated carbocycles. The van der Waals surface area contributed by atoms with Gasteiger partial charge in [0.05, 0.1) is 11.7 Å². The number of methoxy groups -OCH3 is 1. The third-order valence-electron chi connectivity index (χ3n) is 7.91. The van der Waals surface area contributed by atoms with Crippen LogP contribution in [0.3, 0.4) is 0 Å². The molecular weight excluding hydrogens is 248 g/mol. The maximum atomic E-state index is 11.7. The number of hydrogen-bond acceptors (Lipinski definition) is 2. The highest BCUT2D eigenvalue weighted by Crippen LogP contribution is 2.87.